The van der Waals surface area contributed by atoms with E-state index in [1.54, 1.807) is 21.6 Å². The first-order valence-corrected chi connectivity index (χ1v) is 10.9. The van der Waals surface area contributed by atoms with Crippen molar-refractivity contribution in [1.82, 2.24) is 14.5 Å². The molecular formula is C27H23N3O3. The second-order valence-electron chi connectivity index (χ2n) is 7.99. The van der Waals surface area contributed by atoms with Gasteiger partial charge in [-0.3, -0.25) is 14.2 Å². The molecule has 1 aliphatic heterocycles. The number of carbonyl (C=O) groups is 1. The van der Waals surface area contributed by atoms with Gasteiger partial charge in [0.05, 0.1) is 30.1 Å². The molecule has 0 saturated heterocycles. The molecule has 6 nitrogen and oxygen atoms in total. The zero-order chi connectivity index (χ0) is 22.8. The lowest BCUT2D eigenvalue weighted by molar-refractivity contribution is 0.0730. The molecule has 164 valence electrons. The Bertz CT molecular complexity index is 1300. The van der Waals surface area contributed by atoms with Crippen LogP contribution < -0.4 is 5.56 Å². The third kappa shape index (κ3) is 3.80. The van der Waals surface area contributed by atoms with Gasteiger partial charge in [0.2, 0.25) is 0 Å². The van der Waals surface area contributed by atoms with Crippen molar-refractivity contribution in [3.05, 3.63) is 130 Å². The number of hydrogen-bond donors (Lipinski definition) is 0. The first kappa shape index (κ1) is 20.7. The fourth-order valence-corrected chi connectivity index (χ4v) is 4.42. The van der Waals surface area contributed by atoms with Crippen molar-refractivity contribution in [2.75, 3.05) is 6.54 Å². The standard InChI is InChI=1S/C27H23N3O3/c1-2-24-28-23-17-29(26(31)21-14-16-33-18-21)15-13-22(23)27(32)30(24)25(19-9-5-3-6-10-19)20-11-7-4-8-12-20/h2-12,14,16,18,25H,1,13,15,17H2. The van der Waals surface area contributed by atoms with E-state index >= 15 is 0 Å². The molecule has 0 N–H and O–H groups in total. The number of benzene rings is 2. The van der Waals surface area contributed by atoms with Crippen molar-refractivity contribution in [1.29, 1.82) is 0 Å². The van der Waals surface area contributed by atoms with E-state index in [1.165, 1.54) is 12.5 Å². The predicted molar refractivity (Wildman–Crippen MR) is 126 cm³/mol. The van der Waals surface area contributed by atoms with Gasteiger partial charge in [-0.05, 0) is 29.7 Å². The molecule has 1 aliphatic rings. The summed E-state index contributed by atoms with van der Waals surface area (Å²) in [5.74, 6) is 0.348. The van der Waals surface area contributed by atoms with Gasteiger partial charge in [-0.25, -0.2) is 4.98 Å². The number of nitrogens with zero attached hydrogens (tertiary/aromatic N) is 3. The average Bonchev–Trinajstić information content (AvgIpc) is 3.41. The second-order valence-corrected chi connectivity index (χ2v) is 7.99. The van der Waals surface area contributed by atoms with Gasteiger partial charge in [-0.1, -0.05) is 67.2 Å². The molecule has 0 spiro atoms. The highest BCUT2D eigenvalue weighted by atomic mass is 16.3. The van der Waals surface area contributed by atoms with Crippen molar-refractivity contribution >= 4 is 12.0 Å². The lowest BCUT2D eigenvalue weighted by atomic mass is 9.97. The van der Waals surface area contributed by atoms with E-state index in [1.807, 2.05) is 60.7 Å². The van der Waals surface area contributed by atoms with E-state index in [-0.39, 0.29) is 24.1 Å². The third-order valence-corrected chi connectivity index (χ3v) is 6.02. The van der Waals surface area contributed by atoms with Crippen molar-refractivity contribution < 1.29 is 9.21 Å². The lowest BCUT2D eigenvalue weighted by Gasteiger charge is -2.30. The Balaban J connectivity index is 1.61. The molecule has 0 atom stereocenters. The van der Waals surface area contributed by atoms with Crippen LogP contribution >= 0.6 is 0 Å². The molecule has 3 heterocycles. The third-order valence-electron chi connectivity index (χ3n) is 6.02. The summed E-state index contributed by atoms with van der Waals surface area (Å²) in [6, 6.07) is 21.2. The number of aromatic nitrogens is 2. The van der Waals surface area contributed by atoms with E-state index < -0.39 is 0 Å². The number of carbonyl (C=O) groups excluding carboxylic acids is 1. The van der Waals surface area contributed by atoms with Crippen LogP contribution in [0, 0.1) is 0 Å². The van der Waals surface area contributed by atoms with Crippen molar-refractivity contribution in [2.45, 2.75) is 19.0 Å². The minimum absolute atomic E-state index is 0.0944. The Kier molecular flexibility index (Phi) is 5.48. The second kappa shape index (κ2) is 8.74. The van der Waals surface area contributed by atoms with Crippen molar-refractivity contribution in [3.8, 4) is 0 Å². The summed E-state index contributed by atoms with van der Waals surface area (Å²) in [6.07, 6.45) is 4.96. The van der Waals surface area contributed by atoms with Gasteiger partial charge in [0, 0.05) is 12.1 Å². The highest BCUT2D eigenvalue weighted by Gasteiger charge is 2.29. The predicted octanol–water partition coefficient (Wildman–Crippen LogP) is 4.32. The van der Waals surface area contributed by atoms with Gasteiger partial charge in [-0.15, -0.1) is 0 Å². The number of fused-ring (bicyclic) bond motifs is 1. The van der Waals surface area contributed by atoms with Crippen LogP contribution in [0.25, 0.3) is 6.08 Å². The first-order chi connectivity index (χ1) is 16.2. The molecule has 0 saturated carbocycles. The molecule has 0 unspecified atom stereocenters. The van der Waals surface area contributed by atoms with Gasteiger partial charge in [0.1, 0.15) is 12.1 Å². The van der Waals surface area contributed by atoms with Gasteiger partial charge in [0.15, 0.2) is 0 Å². The summed E-state index contributed by atoms with van der Waals surface area (Å²) in [5, 5.41) is 0. The van der Waals surface area contributed by atoms with Gasteiger partial charge in [-0.2, -0.15) is 0 Å². The van der Waals surface area contributed by atoms with Crippen molar-refractivity contribution in [3.63, 3.8) is 0 Å². The van der Waals surface area contributed by atoms with E-state index in [0.717, 1.165) is 11.1 Å². The quantitative estimate of drug-likeness (QED) is 0.466. The van der Waals surface area contributed by atoms with Crippen LogP contribution in [-0.2, 0) is 13.0 Å². The number of hydrogen-bond acceptors (Lipinski definition) is 4. The Hall–Kier alpha value is -4.19. The van der Waals surface area contributed by atoms with E-state index in [0.29, 0.717) is 35.6 Å². The molecule has 5 rings (SSSR count). The first-order valence-electron chi connectivity index (χ1n) is 10.9. The summed E-state index contributed by atoms with van der Waals surface area (Å²) in [6.45, 7) is 4.65. The highest BCUT2D eigenvalue weighted by Crippen LogP contribution is 2.28. The monoisotopic (exact) mass is 437 g/mol. The molecule has 4 aromatic rings. The maximum atomic E-state index is 13.8. The molecular weight excluding hydrogens is 414 g/mol. The number of amides is 1. The summed E-state index contributed by atoms with van der Waals surface area (Å²) in [4.78, 5) is 33.1. The smallest absolute Gasteiger partial charge is 0.258 e. The maximum absolute atomic E-state index is 13.8. The zero-order valence-corrected chi connectivity index (χ0v) is 18.1. The minimum Gasteiger partial charge on any atom is -0.472 e. The van der Waals surface area contributed by atoms with Gasteiger partial charge in [0.25, 0.3) is 11.5 Å². The molecule has 2 aromatic carbocycles. The summed E-state index contributed by atoms with van der Waals surface area (Å²) in [7, 11) is 0. The fraction of sp³-hybridized carbons (Fsp3) is 0.148. The average molecular weight is 437 g/mol. The fourth-order valence-electron chi connectivity index (χ4n) is 4.42. The van der Waals surface area contributed by atoms with Crippen LogP contribution in [0.1, 0.15) is 44.6 Å². The molecule has 0 bridgehead atoms. The Labute approximate surface area is 191 Å². The van der Waals surface area contributed by atoms with Crippen molar-refractivity contribution in [2.24, 2.45) is 0 Å². The topological polar surface area (TPSA) is 68.3 Å². The summed E-state index contributed by atoms with van der Waals surface area (Å²) < 4.78 is 6.77. The van der Waals surface area contributed by atoms with E-state index in [4.69, 9.17) is 9.40 Å². The SMILES string of the molecule is C=Cc1nc2c(c(=O)n1C(c1ccccc1)c1ccccc1)CCN(C(=O)c1ccoc1)C2. The Morgan fingerprint density at radius 1 is 1.03 bits per heavy atom. The van der Waals surface area contributed by atoms with Crippen LogP contribution in [0.2, 0.25) is 0 Å². The van der Waals surface area contributed by atoms with Gasteiger partial charge >= 0.3 is 0 Å². The summed E-state index contributed by atoms with van der Waals surface area (Å²) in [5.41, 5.74) is 3.64. The molecule has 1 amide bonds. The van der Waals surface area contributed by atoms with Crippen LogP contribution in [0.3, 0.4) is 0 Å². The van der Waals surface area contributed by atoms with Crippen LogP contribution in [0.15, 0.2) is 95.0 Å². The molecule has 0 aliphatic carbocycles. The Morgan fingerprint density at radius 3 is 2.27 bits per heavy atom. The molecule has 0 fully saturated rings. The molecule has 33 heavy (non-hydrogen) atoms. The normalized spacial score (nSPS) is 13.1. The minimum atomic E-state index is -0.337. The Morgan fingerprint density at radius 2 is 1.70 bits per heavy atom. The van der Waals surface area contributed by atoms with Crippen LogP contribution in [-0.4, -0.2) is 26.9 Å². The maximum Gasteiger partial charge on any atom is 0.258 e. The van der Waals surface area contributed by atoms with E-state index in [9.17, 15) is 9.59 Å². The molecule has 2 aromatic heterocycles. The lowest BCUT2D eigenvalue weighted by Crippen LogP contribution is -2.42. The zero-order valence-electron chi connectivity index (χ0n) is 18.1. The molecule has 6 heteroatoms. The van der Waals surface area contributed by atoms with Crippen LogP contribution in [0.4, 0.5) is 0 Å². The number of furan rings is 1. The molecule has 0 radical (unpaired) electrons. The largest absolute Gasteiger partial charge is 0.472 e. The summed E-state index contributed by atoms with van der Waals surface area (Å²) >= 11 is 0. The van der Waals surface area contributed by atoms with E-state index in [2.05, 4.69) is 6.58 Å². The highest BCUT2D eigenvalue weighted by molar-refractivity contribution is 5.93. The van der Waals surface area contributed by atoms with Gasteiger partial charge < -0.3 is 9.32 Å². The van der Waals surface area contributed by atoms with Crippen LogP contribution in [0.5, 0.6) is 0 Å². The number of rotatable bonds is 5.